The summed E-state index contributed by atoms with van der Waals surface area (Å²) in [7, 11) is 1.57. The van der Waals surface area contributed by atoms with Crippen molar-refractivity contribution in [1.29, 1.82) is 0 Å². The molecule has 9 nitrogen and oxygen atoms in total. The van der Waals surface area contributed by atoms with Crippen LogP contribution in [-0.2, 0) is 6.42 Å². The first kappa shape index (κ1) is 18.4. The van der Waals surface area contributed by atoms with Crippen molar-refractivity contribution in [1.82, 2.24) is 24.7 Å². The molecule has 1 amide bonds. The zero-order chi connectivity index (χ0) is 20.2. The Morgan fingerprint density at radius 1 is 1.24 bits per heavy atom. The maximum absolute atomic E-state index is 12.6. The minimum absolute atomic E-state index is 0.240. The van der Waals surface area contributed by atoms with Gasteiger partial charge in [0.05, 0.1) is 12.7 Å². The number of rotatable bonds is 6. The van der Waals surface area contributed by atoms with Crippen LogP contribution in [0.25, 0.3) is 17.3 Å². The number of imidazole rings is 1. The zero-order valence-electron chi connectivity index (χ0n) is 15.9. The number of anilines is 1. The molecule has 0 radical (unpaired) electrons. The SMILES string of the molecule is CCc1noc(-c2cccnc2-n2cnc(C(=O)Nc3cccc(OC)c3)c2)n1. The molecular weight excluding hydrogens is 372 g/mol. The van der Waals surface area contributed by atoms with Gasteiger partial charge in [0.2, 0.25) is 0 Å². The van der Waals surface area contributed by atoms with Gasteiger partial charge in [-0.2, -0.15) is 4.98 Å². The second-order valence-corrected chi connectivity index (χ2v) is 6.10. The van der Waals surface area contributed by atoms with Crippen molar-refractivity contribution in [3.63, 3.8) is 0 Å². The van der Waals surface area contributed by atoms with Crippen LogP contribution in [0.5, 0.6) is 5.75 Å². The minimum Gasteiger partial charge on any atom is -0.497 e. The molecule has 0 fully saturated rings. The molecule has 29 heavy (non-hydrogen) atoms. The van der Waals surface area contributed by atoms with E-state index < -0.39 is 0 Å². The zero-order valence-corrected chi connectivity index (χ0v) is 15.9. The molecule has 4 aromatic rings. The summed E-state index contributed by atoms with van der Waals surface area (Å²) in [6, 6.07) is 10.7. The smallest absolute Gasteiger partial charge is 0.275 e. The van der Waals surface area contributed by atoms with Crippen LogP contribution in [-0.4, -0.2) is 37.7 Å². The minimum atomic E-state index is -0.347. The van der Waals surface area contributed by atoms with Crippen molar-refractivity contribution in [2.24, 2.45) is 0 Å². The number of benzene rings is 1. The molecule has 0 saturated carbocycles. The first-order valence-corrected chi connectivity index (χ1v) is 8.95. The van der Waals surface area contributed by atoms with Crippen molar-refractivity contribution in [3.8, 4) is 23.0 Å². The average Bonchev–Trinajstić information content (AvgIpc) is 3.44. The molecule has 9 heteroatoms. The van der Waals surface area contributed by atoms with E-state index in [4.69, 9.17) is 9.26 Å². The number of nitrogens with zero attached hydrogens (tertiary/aromatic N) is 5. The van der Waals surface area contributed by atoms with Gasteiger partial charge < -0.3 is 14.6 Å². The Kier molecular flexibility index (Phi) is 5.02. The number of amides is 1. The van der Waals surface area contributed by atoms with Crippen LogP contribution in [0.15, 0.2) is 59.6 Å². The van der Waals surface area contributed by atoms with Gasteiger partial charge in [-0.15, -0.1) is 0 Å². The number of pyridine rings is 1. The number of carbonyl (C=O) groups excluding carboxylic acids is 1. The fourth-order valence-electron chi connectivity index (χ4n) is 2.73. The van der Waals surface area contributed by atoms with Crippen molar-refractivity contribution in [2.75, 3.05) is 12.4 Å². The Morgan fingerprint density at radius 2 is 2.14 bits per heavy atom. The monoisotopic (exact) mass is 390 g/mol. The highest BCUT2D eigenvalue weighted by Crippen LogP contribution is 2.24. The molecule has 0 aliphatic heterocycles. The Morgan fingerprint density at radius 3 is 2.93 bits per heavy atom. The first-order valence-electron chi connectivity index (χ1n) is 8.95. The van der Waals surface area contributed by atoms with Gasteiger partial charge in [0.25, 0.3) is 11.8 Å². The maximum atomic E-state index is 12.6. The van der Waals surface area contributed by atoms with Crippen molar-refractivity contribution in [2.45, 2.75) is 13.3 Å². The third kappa shape index (κ3) is 3.84. The fraction of sp³-hybridized carbons (Fsp3) is 0.150. The van der Waals surface area contributed by atoms with Crippen LogP contribution in [0.1, 0.15) is 23.2 Å². The highest BCUT2D eigenvalue weighted by molar-refractivity contribution is 6.02. The molecule has 3 aromatic heterocycles. The van der Waals surface area contributed by atoms with Crippen LogP contribution in [0, 0.1) is 0 Å². The summed E-state index contributed by atoms with van der Waals surface area (Å²) >= 11 is 0. The molecule has 3 heterocycles. The summed E-state index contributed by atoms with van der Waals surface area (Å²) in [6.07, 6.45) is 5.42. The van der Waals surface area contributed by atoms with E-state index >= 15 is 0 Å². The number of aryl methyl sites for hydroxylation is 1. The van der Waals surface area contributed by atoms with Crippen molar-refractivity contribution < 1.29 is 14.1 Å². The maximum Gasteiger partial charge on any atom is 0.275 e. The molecule has 146 valence electrons. The molecule has 0 bridgehead atoms. The van der Waals surface area contributed by atoms with Gasteiger partial charge in [-0.1, -0.05) is 18.1 Å². The van der Waals surface area contributed by atoms with Gasteiger partial charge >= 0.3 is 0 Å². The van der Waals surface area contributed by atoms with Gasteiger partial charge in [-0.3, -0.25) is 9.36 Å². The van der Waals surface area contributed by atoms with Gasteiger partial charge in [0.15, 0.2) is 11.6 Å². The summed E-state index contributed by atoms with van der Waals surface area (Å²) in [5.74, 6) is 1.81. The van der Waals surface area contributed by atoms with E-state index in [2.05, 4.69) is 25.4 Å². The van der Waals surface area contributed by atoms with E-state index in [-0.39, 0.29) is 11.6 Å². The lowest BCUT2D eigenvalue weighted by Crippen LogP contribution is -2.12. The number of aromatic nitrogens is 5. The third-order valence-corrected chi connectivity index (χ3v) is 4.19. The Labute approximate surface area is 166 Å². The molecule has 1 N–H and O–H groups in total. The van der Waals surface area contributed by atoms with Crippen molar-refractivity contribution >= 4 is 11.6 Å². The highest BCUT2D eigenvalue weighted by atomic mass is 16.5. The number of methoxy groups -OCH3 is 1. The molecule has 0 unspecified atom stereocenters. The van der Waals surface area contributed by atoms with Crippen LogP contribution >= 0.6 is 0 Å². The van der Waals surface area contributed by atoms with Crippen LogP contribution in [0.3, 0.4) is 0 Å². The second kappa shape index (κ2) is 7.93. The van der Waals surface area contributed by atoms with Gasteiger partial charge in [0.1, 0.15) is 17.8 Å². The number of nitrogens with one attached hydrogen (secondary N) is 1. The summed E-state index contributed by atoms with van der Waals surface area (Å²) in [5, 5.41) is 6.73. The molecular formula is C20H18N6O3. The highest BCUT2D eigenvalue weighted by Gasteiger charge is 2.17. The molecule has 0 aliphatic carbocycles. The van der Waals surface area contributed by atoms with E-state index in [1.165, 1.54) is 6.33 Å². The number of hydrogen-bond donors (Lipinski definition) is 1. The Bertz CT molecular complexity index is 1150. The van der Waals surface area contributed by atoms with E-state index in [9.17, 15) is 4.79 Å². The Balaban J connectivity index is 1.60. The molecule has 0 saturated heterocycles. The molecule has 0 atom stereocenters. The second-order valence-electron chi connectivity index (χ2n) is 6.10. The topological polar surface area (TPSA) is 108 Å². The normalized spacial score (nSPS) is 10.7. The van der Waals surface area contributed by atoms with E-state index in [0.29, 0.717) is 41.0 Å². The summed E-state index contributed by atoms with van der Waals surface area (Å²) in [6.45, 7) is 1.95. The fourth-order valence-corrected chi connectivity index (χ4v) is 2.73. The third-order valence-electron chi connectivity index (χ3n) is 4.19. The van der Waals surface area contributed by atoms with Crippen LogP contribution < -0.4 is 10.1 Å². The van der Waals surface area contributed by atoms with Crippen molar-refractivity contribution in [3.05, 3.63) is 66.6 Å². The van der Waals surface area contributed by atoms with E-state index in [1.54, 1.807) is 54.4 Å². The lowest BCUT2D eigenvalue weighted by molar-refractivity contribution is 0.102. The van der Waals surface area contributed by atoms with E-state index in [1.807, 2.05) is 13.0 Å². The molecule has 0 aliphatic rings. The van der Waals surface area contributed by atoms with E-state index in [0.717, 1.165) is 0 Å². The van der Waals surface area contributed by atoms with Gasteiger partial charge in [0, 0.05) is 30.6 Å². The summed E-state index contributed by atoms with van der Waals surface area (Å²) in [4.78, 5) is 25.5. The largest absolute Gasteiger partial charge is 0.497 e. The molecule has 0 spiro atoms. The quantitative estimate of drug-likeness (QED) is 0.539. The predicted octanol–water partition coefficient (Wildman–Crippen LogP) is 3.14. The first-order chi connectivity index (χ1) is 14.2. The molecule has 1 aromatic carbocycles. The number of carbonyl (C=O) groups is 1. The standard InChI is InChI=1S/C20H18N6O3/c1-3-17-24-20(29-25-17)15-8-5-9-21-18(15)26-11-16(22-12-26)19(27)23-13-6-4-7-14(10-13)28-2/h4-12H,3H2,1-2H3,(H,23,27). The van der Waals surface area contributed by atoms with Crippen LogP contribution in [0.2, 0.25) is 0 Å². The lowest BCUT2D eigenvalue weighted by atomic mass is 10.2. The lowest BCUT2D eigenvalue weighted by Gasteiger charge is -2.06. The Hall–Kier alpha value is -4.01. The predicted molar refractivity (Wildman–Crippen MR) is 105 cm³/mol. The summed E-state index contributed by atoms with van der Waals surface area (Å²) in [5.41, 5.74) is 1.50. The summed E-state index contributed by atoms with van der Waals surface area (Å²) < 4.78 is 12.1. The van der Waals surface area contributed by atoms with Gasteiger partial charge in [-0.25, -0.2) is 9.97 Å². The average molecular weight is 390 g/mol. The van der Waals surface area contributed by atoms with Crippen LogP contribution in [0.4, 0.5) is 5.69 Å². The molecule has 4 rings (SSSR count). The number of hydrogen-bond acceptors (Lipinski definition) is 7. The van der Waals surface area contributed by atoms with Gasteiger partial charge in [-0.05, 0) is 24.3 Å². The number of ether oxygens (including phenoxy) is 1.